The Kier molecular flexibility index (Phi) is 2.18. The summed E-state index contributed by atoms with van der Waals surface area (Å²) in [4.78, 5) is 9.22. The Morgan fingerprint density at radius 1 is 1.27 bits per heavy atom. The van der Waals surface area contributed by atoms with Crippen LogP contribution in [-0.2, 0) is 4.79 Å². The Balaban J connectivity index is 4.86. The van der Waals surface area contributed by atoms with E-state index in [1.165, 1.54) is 0 Å². The third kappa shape index (κ3) is 1.45. The quantitative estimate of drug-likeness (QED) is 0.466. The van der Waals surface area contributed by atoms with Gasteiger partial charge in [0.25, 0.3) is 0 Å². The van der Waals surface area contributed by atoms with E-state index in [2.05, 4.69) is 0 Å². The molecule has 0 saturated heterocycles. The maximum absolute atomic E-state index is 11.6. The van der Waals surface area contributed by atoms with Gasteiger partial charge in [-0.1, -0.05) is 0 Å². The smallest absolute Gasteiger partial charge is 0.254 e. The molecule has 0 rings (SSSR count). The van der Waals surface area contributed by atoms with Crippen molar-refractivity contribution in [3.05, 3.63) is 0 Å². The lowest BCUT2D eigenvalue weighted by atomic mass is 10.2. The molecule has 0 fully saturated rings. The van der Waals surface area contributed by atoms with Crippen LogP contribution in [0.2, 0.25) is 0 Å². The first-order valence-electron chi connectivity index (χ1n) is 2.12. The van der Waals surface area contributed by atoms with E-state index in [0.29, 0.717) is 0 Å². The predicted molar refractivity (Wildman–Crippen MR) is 21.6 cm³/mol. The second-order valence-electron chi connectivity index (χ2n) is 1.53. The van der Waals surface area contributed by atoms with Gasteiger partial charge < -0.3 is 0 Å². The van der Waals surface area contributed by atoms with Gasteiger partial charge in [0, 0.05) is 0 Å². The van der Waals surface area contributed by atoms with Crippen molar-refractivity contribution in [2.45, 2.75) is 11.8 Å². The van der Waals surface area contributed by atoms with Gasteiger partial charge in [-0.15, -0.1) is 0 Å². The fourth-order valence-corrected chi connectivity index (χ4v) is 0.194. The average Bonchev–Trinajstić information content (AvgIpc) is 1.87. The molecule has 0 N–H and O–H groups in total. The Morgan fingerprint density at radius 2 is 1.64 bits per heavy atom. The second-order valence-corrected chi connectivity index (χ2v) is 1.53. The van der Waals surface area contributed by atoms with E-state index in [4.69, 9.17) is 5.26 Å². The van der Waals surface area contributed by atoms with Crippen LogP contribution in [0, 0.1) is 11.3 Å². The van der Waals surface area contributed by atoms with Crippen LogP contribution >= 0.6 is 0 Å². The molecular formula is C4F5NO. The highest BCUT2D eigenvalue weighted by Crippen LogP contribution is 2.34. The van der Waals surface area contributed by atoms with Crippen LogP contribution in [0.25, 0.3) is 0 Å². The number of hydrogen-bond acceptors (Lipinski definition) is 2. The molecule has 11 heavy (non-hydrogen) atoms. The second kappa shape index (κ2) is 2.45. The van der Waals surface area contributed by atoms with Crippen LogP contribution in [0.5, 0.6) is 0 Å². The summed E-state index contributed by atoms with van der Waals surface area (Å²) in [6.45, 7) is 0. The molecule has 7 heteroatoms. The Labute approximate surface area is 57.2 Å². The maximum atomic E-state index is 11.6. The Bertz CT molecular complexity index is 217. The Morgan fingerprint density at radius 3 is 1.73 bits per heavy atom. The fourth-order valence-electron chi connectivity index (χ4n) is 0.194. The van der Waals surface area contributed by atoms with Crippen LogP contribution in [0.3, 0.4) is 0 Å². The van der Waals surface area contributed by atoms with Crippen molar-refractivity contribution in [3.8, 4) is 6.07 Å². The van der Waals surface area contributed by atoms with Crippen molar-refractivity contribution in [2.75, 3.05) is 0 Å². The third-order valence-corrected chi connectivity index (χ3v) is 0.782. The number of carbonyl (C=O) groups excluding carboxylic acids is 1. The highest BCUT2D eigenvalue weighted by Gasteiger charge is 2.63. The van der Waals surface area contributed by atoms with E-state index < -0.39 is 17.9 Å². The number of nitriles is 1. The third-order valence-electron chi connectivity index (χ3n) is 0.782. The minimum atomic E-state index is -5.55. The summed E-state index contributed by atoms with van der Waals surface area (Å²) < 4.78 is 57.6. The zero-order valence-corrected chi connectivity index (χ0v) is 4.75. The number of alkyl halides is 4. The summed E-state index contributed by atoms with van der Waals surface area (Å²) in [5.41, 5.74) is 0. The fraction of sp³-hybridized carbons (Fsp3) is 0.500. The first kappa shape index (κ1) is 9.81. The SMILES string of the molecule is N#CC(F)(F)C(F)(F)C(=O)F. The minimum Gasteiger partial charge on any atom is -0.254 e. The minimum absolute atomic E-state index is 0.181. The average molecular weight is 173 g/mol. The topological polar surface area (TPSA) is 40.9 Å². The molecular weight excluding hydrogens is 173 g/mol. The van der Waals surface area contributed by atoms with Crippen LogP contribution in [0.15, 0.2) is 0 Å². The number of carbonyl (C=O) groups is 1. The lowest BCUT2D eigenvalue weighted by molar-refractivity contribution is -0.197. The highest BCUT2D eigenvalue weighted by atomic mass is 19.3. The summed E-state index contributed by atoms with van der Waals surface area (Å²) in [6.07, 6.45) is 0. The summed E-state index contributed by atoms with van der Waals surface area (Å²) >= 11 is 0. The van der Waals surface area contributed by atoms with Crippen molar-refractivity contribution < 1.29 is 26.7 Å². The van der Waals surface area contributed by atoms with E-state index in [-0.39, 0.29) is 6.07 Å². The standard InChI is InChI=1S/C4F5NO/c5-2(11)4(8,9)3(6,7)1-10. The van der Waals surface area contributed by atoms with E-state index in [1.54, 1.807) is 0 Å². The van der Waals surface area contributed by atoms with Crippen molar-refractivity contribution >= 4 is 6.04 Å². The molecule has 0 saturated carbocycles. The van der Waals surface area contributed by atoms with Crippen molar-refractivity contribution in [1.82, 2.24) is 0 Å². The molecule has 0 amide bonds. The molecule has 0 aromatic heterocycles. The molecule has 0 atom stereocenters. The summed E-state index contributed by atoms with van der Waals surface area (Å²) in [6, 6.07) is -3.71. The van der Waals surface area contributed by atoms with E-state index >= 15 is 0 Å². The Hall–Kier alpha value is -1.19. The summed E-state index contributed by atoms with van der Waals surface area (Å²) in [5.74, 6) is -10.8. The first-order valence-corrected chi connectivity index (χ1v) is 2.12. The number of hydrogen-bond donors (Lipinski definition) is 0. The largest absolute Gasteiger partial charge is 0.411 e. The predicted octanol–water partition coefficient (Wildman–Crippen LogP) is 1.28. The summed E-state index contributed by atoms with van der Waals surface area (Å²) in [7, 11) is 0. The van der Waals surface area contributed by atoms with Gasteiger partial charge in [0.05, 0.1) is 0 Å². The van der Waals surface area contributed by atoms with Gasteiger partial charge in [-0.2, -0.15) is 27.2 Å². The van der Waals surface area contributed by atoms with E-state index in [1.807, 2.05) is 0 Å². The van der Waals surface area contributed by atoms with Gasteiger partial charge in [0.15, 0.2) is 0 Å². The zero-order valence-electron chi connectivity index (χ0n) is 4.75. The van der Waals surface area contributed by atoms with Gasteiger partial charge in [-0.05, 0) is 0 Å². The molecule has 0 bridgehead atoms. The van der Waals surface area contributed by atoms with Gasteiger partial charge in [0.2, 0.25) is 0 Å². The molecule has 0 heterocycles. The van der Waals surface area contributed by atoms with Crippen LogP contribution < -0.4 is 0 Å². The van der Waals surface area contributed by atoms with E-state index in [0.717, 1.165) is 0 Å². The molecule has 2 nitrogen and oxygen atoms in total. The molecule has 0 aliphatic carbocycles. The van der Waals surface area contributed by atoms with Gasteiger partial charge in [0.1, 0.15) is 6.07 Å². The molecule has 62 valence electrons. The monoisotopic (exact) mass is 173 g/mol. The van der Waals surface area contributed by atoms with Crippen molar-refractivity contribution in [3.63, 3.8) is 0 Å². The van der Waals surface area contributed by atoms with E-state index in [9.17, 15) is 26.7 Å². The lowest BCUT2D eigenvalue weighted by Gasteiger charge is -2.14. The van der Waals surface area contributed by atoms with Crippen LogP contribution in [0.4, 0.5) is 22.0 Å². The zero-order chi connectivity index (χ0) is 9.28. The molecule has 0 unspecified atom stereocenters. The normalized spacial score (nSPS) is 12.4. The van der Waals surface area contributed by atoms with Crippen molar-refractivity contribution in [1.29, 1.82) is 5.26 Å². The first-order chi connectivity index (χ1) is 4.75. The number of rotatable bonds is 2. The van der Waals surface area contributed by atoms with Crippen LogP contribution in [-0.4, -0.2) is 17.9 Å². The van der Waals surface area contributed by atoms with Crippen LogP contribution in [0.1, 0.15) is 0 Å². The van der Waals surface area contributed by atoms with Gasteiger partial charge in [-0.3, -0.25) is 4.79 Å². The highest BCUT2D eigenvalue weighted by molar-refractivity contribution is 5.78. The summed E-state index contributed by atoms with van der Waals surface area (Å²) in [5, 5.41) is 7.38. The molecule has 0 aliphatic heterocycles. The molecule has 0 aliphatic rings. The molecule has 0 radical (unpaired) electrons. The lowest BCUT2D eigenvalue weighted by Crippen LogP contribution is -2.44. The molecule has 0 aromatic carbocycles. The number of halogens is 5. The van der Waals surface area contributed by atoms with Gasteiger partial charge >= 0.3 is 17.9 Å². The molecule has 0 spiro atoms. The van der Waals surface area contributed by atoms with Gasteiger partial charge in [-0.25, -0.2) is 0 Å². The molecule has 0 aromatic rings. The number of nitrogens with zero attached hydrogens (tertiary/aromatic N) is 1. The maximum Gasteiger partial charge on any atom is 0.411 e. The van der Waals surface area contributed by atoms with Crippen molar-refractivity contribution in [2.24, 2.45) is 0 Å².